The normalized spacial score (nSPS) is 15.5. The summed E-state index contributed by atoms with van der Waals surface area (Å²) in [5.41, 5.74) is 9.77. The summed E-state index contributed by atoms with van der Waals surface area (Å²) in [4.78, 5) is 0. The molecular weight excluding hydrogens is 212 g/mol. The van der Waals surface area contributed by atoms with E-state index in [1.165, 1.54) is 35.0 Å². The molecule has 3 rings (SSSR count). The van der Waals surface area contributed by atoms with Gasteiger partial charge in [0, 0.05) is 29.2 Å². The van der Waals surface area contributed by atoms with E-state index in [0.29, 0.717) is 12.6 Å². The predicted octanol–water partition coefficient (Wildman–Crippen LogP) is 2.75. The number of rotatable bonds is 3. The number of benzene rings is 1. The van der Waals surface area contributed by atoms with Gasteiger partial charge in [-0.3, -0.25) is 0 Å². The average Bonchev–Trinajstić information content (AvgIpc) is 3.15. The zero-order valence-corrected chi connectivity index (χ0v) is 10.4. The molecule has 2 aromatic rings. The first kappa shape index (κ1) is 10.7. The van der Waals surface area contributed by atoms with Crippen LogP contribution >= 0.6 is 0 Å². The van der Waals surface area contributed by atoms with Crippen LogP contribution in [0.1, 0.15) is 30.1 Å². The Hall–Kier alpha value is -1.48. The lowest BCUT2D eigenvalue weighted by Gasteiger charge is -2.08. The van der Waals surface area contributed by atoms with Crippen molar-refractivity contribution in [1.29, 1.82) is 0 Å². The van der Waals surface area contributed by atoms with E-state index in [9.17, 15) is 0 Å². The molecule has 17 heavy (non-hydrogen) atoms. The van der Waals surface area contributed by atoms with Gasteiger partial charge in [0.05, 0.1) is 7.11 Å². The van der Waals surface area contributed by atoms with Gasteiger partial charge in [-0.2, -0.15) is 0 Å². The molecule has 1 heterocycles. The summed E-state index contributed by atoms with van der Waals surface area (Å²) < 4.78 is 7.72. The fourth-order valence-electron chi connectivity index (χ4n) is 2.64. The van der Waals surface area contributed by atoms with E-state index in [-0.39, 0.29) is 0 Å². The summed E-state index contributed by atoms with van der Waals surface area (Å²) in [7, 11) is 1.71. The van der Waals surface area contributed by atoms with E-state index in [1.54, 1.807) is 7.11 Å². The van der Waals surface area contributed by atoms with E-state index < -0.39 is 0 Å². The van der Waals surface area contributed by atoms with Crippen molar-refractivity contribution in [3.05, 3.63) is 29.5 Å². The van der Waals surface area contributed by atoms with Crippen molar-refractivity contribution >= 4 is 10.9 Å². The topological polar surface area (TPSA) is 40.2 Å². The van der Waals surface area contributed by atoms with Crippen LogP contribution in [0.3, 0.4) is 0 Å². The highest BCUT2D eigenvalue weighted by molar-refractivity contribution is 5.87. The Morgan fingerprint density at radius 1 is 1.41 bits per heavy atom. The minimum atomic E-state index is 0.610. The monoisotopic (exact) mass is 230 g/mol. The molecule has 0 spiro atoms. The Morgan fingerprint density at radius 2 is 2.18 bits per heavy atom. The van der Waals surface area contributed by atoms with E-state index >= 15 is 0 Å². The van der Waals surface area contributed by atoms with Crippen LogP contribution in [0.25, 0.3) is 10.9 Å². The fourth-order valence-corrected chi connectivity index (χ4v) is 2.64. The van der Waals surface area contributed by atoms with Crippen LogP contribution in [0.2, 0.25) is 0 Å². The zero-order valence-electron chi connectivity index (χ0n) is 10.4. The smallest absolute Gasteiger partial charge is 0.119 e. The lowest BCUT2D eigenvalue weighted by Crippen LogP contribution is -2.06. The fraction of sp³-hybridized carbons (Fsp3) is 0.429. The molecular formula is C14H18N2O. The molecule has 90 valence electrons. The minimum Gasteiger partial charge on any atom is -0.497 e. The Balaban J connectivity index is 2.30. The van der Waals surface area contributed by atoms with Crippen LogP contribution < -0.4 is 10.5 Å². The number of hydrogen-bond donors (Lipinski definition) is 1. The minimum absolute atomic E-state index is 0.610. The Kier molecular flexibility index (Phi) is 2.37. The van der Waals surface area contributed by atoms with Gasteiger partial charge in [-0.05, 0) is 43.5 Å². The molecule has 1 aromatic carbocycles. The molecule has 2 N–H and O–H groups in total. The standard InChI is InChI=1S/C14H18N2O/c1-9-12-7-11(17-2)5-6-13(12)16(10-3-4-10)14(9)8-15/h5-7,10H,3-4,8,15H2,1-2H3. The van der Waals surface area contributed by atoms with E-state index in [4.69, 9.17) is 10.5 Å². The van der Waals surface area contributed by atoms with Crippen LogP contribution in [0, 0.1) is 6.92 Å². The molecule has 0 bridgehead atoms. The average molecular weight is 230 g/mol. The van der Waals surface area contributed by atoms with Crippen molar-refractivity contribution in [2.24, 2.45) is 5.73 Å². The third kappa shape index (κ3) is 1.53. The zero-order chi connectivity index (χ0) is 12.0. The number of ether oxygens (including phenoxy) is 1. The molecule has 1 aromatic heterocycles. The van der Waals surface area contributed by atoms with Crippen LogP contribution in [-0.4, -0.2) is 11.7 Å². The van der Waals surface area contributed by atoms with Crippen molar-refractivity contribution in [2.45, 2.75) is 32.4 Å². The van der Waals surface area contributed by atoms with Crippen molar-refractivity contribution in [1.82, 2.24) is 4.57 Å². The molecule has 0 saturated heterocycles. The molecule has 0 aliphatic heterocycles. The molecule has 0 unspecified atom stereocenters. The summed E-state index contributed by atoms with van der Waals surface area (Å²) in [6.45, 7) is 2.77. The predicted molar refractivity (Wildman–Crippen MR) is 69.4 cm³/mol. The lowest BCUT2D eigenvalue weighted by atomic mass is 10.1. The molecule has 0 amide bonds. The number of hydrogen-bond acceptors (Lipinski definition) is 2. The molecule has 1 aliphatic carbocycles. The van der Waals surface area contributed by atoms with Crippen LogP contribution in [0.5, 0.6) is 5.75 Å². The maximum absolute atomic E-state index is 5.90. The van der Waals surface area contributed by atoms with Gasteiger partial charge in [-0.1, -0.05) is 0 Å². The van der Waals surface area contributed by atoms with E-state index in [0.717, 1.165) is 5.75 Å². The van der Waals surface area contributed by atoms with Crippen molar-refractivity contribution in [3.63, 3.8) is 0 Å². The Bertz CT molecular complexity index is 567. The highest BCUT2D eigenvalue weighted by Crippen LogP contribution is 2.41. The molecule has 1 fully saturated rings. The summed E-state index contributed by atoms with van der Waals surface area (Å²) in [5, 5.41) is 1.27. The largest absolute Gasteiger partial charge is 0.497 e. The maximum Gasteiger partial charge on any atom is 0.119 e. The van der Waals surface area contributed by atoms with Crippen LogP contribution in [-0.2, 0) is 6.54 Å². The maximum atomic E-state index is 5.90. The summed E-state index contributed by atoms with van der Waals surface area (Å²) in [5.74, 6) is 0.914. The van der Waals surface area contributed by atoms with Gasteiger partial charge in [-0.15, -0.1) is 0 Å². The first-order valence-corrected chi connectivity index (χ1v) is 6.13. The van der Waals surface area contributed by atoms with Gasteiger partial charge < -0.3 is 15.0 Å². The molecule has 1 aliphatic rings. The van der Waals surface area contributed by atoms with Gasteiger partial charge in [0.25, 0.3) is 0 Å². The van der Waals surface area contributed by atoms with Gasteiger partial charge >= 0.3 is 0 Å². The Morgan fingerprint density at radius 3 is 2.76 bits per heavy atom. The number of nitrogens with two attached hydrogens (primary N) is 1. The van der Waals surface area contributed by atoms with Gasteiger partial charge in [-0.25, -0.2) is 0 Å². The SMILES string of the molecule is COc1ccc2c(c1)c(C)c(CN)n2C1CC1. The number of methoxy groups -OCH3 is 1. The second-order valence-corrected chi connectivity index (χ2v) is 4.76. The highest BCUT2D eigenvalue weighted by atomic mass is 16.5. The van der Waals surface area contributed by atoms with E-state index in [2.05, 4.69) is 23.6 Å². The second-order valence-electron chi connectivity index (χ2n) is 4.76. The van der Waals surface area contributed by atoms with E-state index in [1.807, 2.05) is 6.07 Å². The highest BCUT2D eigenvalue weighted by Gasteiger charge is 2.28. The molecule has 0 radical (unpaired) electrons. The molecule has 3 nitrogen and oxygen atoms in total. The third-order valence-electron chi connectivity index (χ3n) is 3.70. The van der Waals surface area contributed by atoms with Crippen molar-refractivity contribution in [3.8, 4) is 5.75 Å². The molecule has 1 saturated carbocycles. The first-order chi connectivity index (χ1) is 8.26. The van der Waals surface area contributed by atoms with Crippen LogP contribution in [0.4, 0.5) is 0 Å². The first-order valence-electron chi connectivity index (χ1n) is 6.13. The van der Waals surface area contributed by atoms with Gasteiger partial charge in [0.2, 0.25) is 0 Å². The van der Waals surface area contributed by atoms with Crippen molar-refractivity contribution in [2.75, 3.05) is 7.11 Å². The quantitative estimate of drug-likeness (QED) is 0.880. The van der Waals surface area contributed by atoms with Crippen molar-refractivity contribution < 1.29 is 4.74 Å². The molecule has 3 heteroatoms. The molecule has 0 atom stereocenters. The second kappa shape index (κ2) is 3.77. The summed E-state index contributed by atoms with van der Waals surface area (Å²) in [6, 6.07) is 6.96. The number of nitrogens with zero attached hydrogens (tertiary/aromatic N) is 1. The van der Waals surface area contributed by atoms with Gasteiger partial charge in [0.15, 0.2) is 0 Å². The van der Waals surface area contributed by atoms with Gasteiger partial charge in [0.1, 0.15) is 5.75 Å². The number of fused-ring (bicyclic) bond motifs is 1. The lowest BCUT2D eigenvalue weighted by molar-refractivity contribution is 0.415. The van der Waals surface area contributed by atoms with Crippen LogP contribution in [0.15, 0.2) is 18.2 Å². The number of aryl methyl sites for hydroxylation is 1. The number of aromatic nitrogens is 1. The summed E-state index contributed by atoms with van der Waals surface area (Å²) >= 11 is 0. The third-order valence-corrected chi connectivity index (χ3v) is 3.70. The Labute approximate surface area is 101 Å². The summed E-state index contributed by atoms with van der Waals surface area (Å²) in [6.07, 6.45) is 2.56.